The molecule has 0 saturated heterocycles. The fourth-order valence-electron chi connectivity index (χ4n) is 15.2. The third-order valence-electron chi connectivity index (χ3n) is 18.7. The predicted molar refractivity (Wildman–Crippen MR) is 247 cm³/mol. The molecule has 5 saturated carbocycles. The molecule has 0 unspecified atom stereocenters. The van der Waals surface area contributed by atoms with Crippen LogP contribution in [-0.4, -0.2) is 29.8 Å². The Morgan fingerprint density at radius 1 is 0.733 bits per heavy atom. The van der Waals surface area contributed by atoms with Crippen LogP contribution in [0.2, 0.25) is 0 Å². The zero-order valence-electron chi connectivity index (χ0n) is 39.4. The minimum atomic E-state index is -0.280. The van der Waals surface area contributed by atoms with Crippen molar-refractivity contribution in [3.63, 3.8) is 0 Å². The number of benzene rings is 1. The second-order valence-electron chi connectivity index (χ2n) is 22.4. The highest BCUT2D eigenvalue weighted by Crippen LogP contribution is 2.77. The first-order valence-corrected chi connectivity index (χ1v) is 25.1. The van der Waals surface area contributed by atoms with Gasteiger partial charge in [-0.15, -0.1) is 0 Å². The molecular formula is C55H86O5. The molecule has 0 spiro atoms. The summed E-state index contributed by atoms with van der Waals surface area (Å²) in [5.41, 5.74) is 2.79. The summed E-state index contributed by atoms with van der Waals surface area (Å²) in [7, 11) is 0. The molecule has 1 aromatic rings. The van der Waals surface area contributed by atoms with Crippen LogP contribution in [0.4, 0.5) is 0 Å². The van der Waals surface area contributed by atoms with Crippen molar-refractivity contribution in [2.75, 3.05) is 6.61 Å². The van der Waals surface area contributed by atoms with E-state index in [4.69, 9.17) is 9.47 Å². The van der Waals surface area contributed by atoms with Crippen LogP contribution < -0.4 is 0 Å². The van der Waals surface area contributed by atoms with Crippen LogP contribution in [0.5, 0.6) is 5.75 Å². The first-order chi connectivity index (χ1) is 28.6. The molecule has 60 heavy (non-hydrogen) atoms. The first-order valence-electron chi connectivity index (χ1n) is 25.1. The fourth-order valence-corrected chi connectivity index (χ4v) is 15.2. The van der Waals surface area contributed by atoms with Gasteiger partial charge in [0.05, 0.1) is 6.61 Å². The maximum atomic E-state index is 13.3. The maximum Gasteiger partial charge on any atom is 0.331 e. The van der Waals surface area contributed by atoms with Gasteiger partial charge in [0.15, 0.2) is 0 Å². The number of carbonyl (C=O) groups is 2. The predicted octanol–water partition coefficient (Wildman–Crippen LogP) is 15.0. The number of aromatic hydroxyl groups is 1. The molecule has 5 aliphatic rings. The smallest absolute Gasteiger partial charge is 0.331 e. The highest BCUT2D eigenvalue weighted by molar-refractivity contribution is 5.87. The number of ether oxygens (including phenoxy) is 2. The van der Waals surface area contributed by atoms with Crippen LogP contribution in [0, 0.1) is 56.7 Å². The van der Waals surface area contributed by atoms with Gasteiger partial charge in [0.2, 0.25) is 0 Å². The van der Waals surface area contributed by atoms with Crippen molar-refractivity contribution in [1.82, 2.24) is 0 Å². The summed E-state index contributed by atoms with van der Waals surface area (Å²) in [5, 5.41) is 9.63. The highest BCUT2D eigenvalue weighted by Gasteiger charge is 2.71. The molecule has 10 atom stereocenters. The summed E-state index contributed by atoms with van der Waals surface area (Å²) in [6.45, 7) is 22.5. The average Bonchev–Trinajstić information content (AvgIpc) is 3.60. The van der Waals surface area contributed by atoms with Crippen LogP contribution in [0.1, 0.15) is 208 Å². The molecule has 6 rings (SSSR count). The summed E-state index contributed by atoms with van der Waals surface area (Å²) in [4.78, 5) is 26.5. The SMILES string of the molecule is C=C(C)[C@@H]1CC[C@]2(COC(=O)CCCCCCCCCCCCCCC)CC[C@]3(C)[C@H](CC[C@@H]4[C@@]5(C)CC[C@H](OC(=O)/C=C\c6ccc(O)cc6)C(C)(C)[C@@H]5CC[C@]43C)[C@@H]12. The van der Waals surface area contributed by atoms with Crippen molar-refractivity contribution >= 4 is 18.0 Å². The lowest BCUT2D eigenvalue weighted by Gasteiger charge is -2.73. The number of allylic oxidation sites excluding steroid dienone is 1. The van der Waals surface area contributed by atoms with Gasteiger partial charge in [-0.3, -0.25) is 4.79 Å². The monoisotopic (exact) mass is 827 g/mol. The van der Waals surface area contributed by atoms with Gasteiger partial charge in [-0.05, 0) is 147 Å². The Morgan fingerprint density at radius 2 is 1.37 bits per heavy atom. The Hall–Kier alpha value is -2.56. The average molecular weight is 827 g/mol. The zero-order chi connectivity index (χ0) is 43.2. The van der Waals surface area contributed by atoms with E-state index < -0.39 is 0 Å². The number of rotatable bonds is 20. The van der Waals surface area contributed by atoms with Gasteiger partial charge in [-0.25, -0.2) is 4.79 Å². The Kier molecular flexibility index (Phi) is 15.5. The van der Waals surface area contributed by atoms with E-state index in [1.54, 1.807) is 36.4 Å². The van der Waals surface area contributed by atoms with Gasteiger partial charge in [0, 0.05) is 23.3 Å². The van der Waals surface area contributed by atoms with E-state index in [0.717, 1.165) is 44.1 Å². The van der Waals surface area contributed by atoms with Gasteiger partial charge >= 0.3 is 11.9 Å². The molecule has 1 N–H and O–H groups in total. The van der Waals surface area contributed by atoms with Crippen LogP contribution >= 0.6 is 0 Å². The quantitative estimate of drug-likeness (QED) is 0.0613. The van der Waals surface area contributed by atoms with Gasteiger partial charge < -0.3 is 14.6 Å². The van der Waals surface area contributed by atoms with E-state index in [0.29, 0.717) is 42.6 Å². The van der Waals surface area contributed by atoms with Crippen molar-refractivity contribution in [2.24, 2.45) is 56.7 Å². The van der Waals surface area contributed by atoms with Crippen LogP contribution in [0.25, 0.3) is 6.08 Å². The van der Waals surface area contributed by atoms with E-state index >= 15 is 0 Å². The lowest BCUT2D eigenvalue weighted by Crippen LogP contribution is -2.67. The number of esters is 2. The largest absolute Gasteiger partial charge is 0.508 e. The number of phenols is 1. The van der Waals surface area contributed by atoms with Crippen LogP contribution in [0.15, 0.2) is 42.5 Å². The summed E-state index contributed by atoms with van der Waals surface area (Å²) in [5.74, 6) is 2.73. The lowest BCUT2D eigenvalue weighted by molar-refractivity contribution is -0.251. The summed E-state index contributed by atoms with van der Waals surface area (Å²) < 4.78 is 12.6. The number of fused-ring (bicyclic) bond motifs is 7. The standard InChI is InChI=1S/C55H86O5/c1-9-10-11-12-13-14-15-16-17-18-19-20-21-22-48(57)59-39-55-36-31-43(40(2)3)50(55)44-28-29-46-52(6)34-33-47(60-49(58)30-25-41-23-26-42(56)27-24-41)51(4,5)45(52)32-35-54(46,8)53(44,7)37-38-55/h23-27,30,43-47,50,56H,2,9-22,28-29,31-39H2,1,3-8H3/b30-25-/t43-,44+,45-,46+,47-,50+,52-,53+,54+,55+/m0/s1. The van der Waals surface area contributed by atoms with Gasteiger partial charge in [0.25, 0.3) is 0 Å². The van der Waals surface area contributed by atoms with Crippen LogP contribution in [0.3, 0.4) is 0 Å². The first kappa shape index (κ1) is 46.9. The van der Waals surface area contributed by atoms with Crippen molar-refractivity contribution < 1.29 is 24.2 Å². The number of phenolic OH excluding ortho intramolecular Hbond substituents is 1. The third kappa shape index (κ3) is 9.66. The molecular weight excluding hydrogens is 741 g/mol. The molecule has 0 aromatic heterocycles. The van der Waals surface area contributed by atoms with E-state index in [2.05, 4.69) is 55.0 Å². The number of hydrogen-bond donors (Lipinski definition) is 1. The normalized spacial score (nSPS) is 35.5. The Balaban J connectivity index is 1.04. The Morgan fingerprint density at radius 3 is 2.00 bits per heavy atom. The lowest BCUT2D eigenvalue weighted by atomic mass is 9.32. The van der Waals surface area contributed by atoms with Crippen molar-refractivity contribution in [3.05, 3.63) is 48.1 Å². The van der Waals surface area contributed by atoms with E-state index in [1.807, 2.05) is 0 Å². The molecule has 5 nitrogen and oxygen atoms in total. The molecule has 0 heterocycles. The maximum absolute atomic E-state index is 13.3. The second kappa shape index (κ2) is 19.9. The zero-order valence-corrected chi connectivity index (χ0v) is 39.4. The van der Waals surface area contributed by atoms with E-state index in [9.17, 15) is 14.7 Å². The number of hydrogen-bond acceptors (Lipinski definition) is 5. The molecule has 0 bridgehead atoms. The Bertz CT molecular complexity index is 1620. The van der Waals surface area contributed by atoms with E-state index in [-0.39, 0.29) is 50.9 Å². The molecule has 1 aromatic carbocycles. The summed E-state index contributed by atoms with van der Waals surface area (Å²) in [6.07, 6.45) is 32.5. The second-order valence-corrected chi connectivity index (χ2v) is 22.4. The molecule has 336 valence electrons. The molecule has 5 aliphatic carbocycles. The highest BCUT2D eigenvalue weighted by atomic mass is 16.5. The Labute approximate surface area is 366 Å². The van der Waals surface area contributed by atoms with Crippen molar-refractivity contribution in [2.45, 2.75) is 209 Å². The molecule has 5 fully saturated rings. The molecule has 0 radical (unpaired) electrons. The molecule has 5 heteroatoms. The third-order valence-corrected chi connectivity index (χ3v) is 18.7. The van der Waals surface area contributed by atoms with Gasteiger partial charge in [-0.1, -0.05) is 143 Å². The number of unbranched alkanes of at least 4 members (excludes halogenated alkanes) is 12. The fraction of sp³-hybridized carbons (Fsp3) is 0.782. The van der Waals surface area contributed by atoms with Crippen molar-refractivity contribution in [3.8, 4) is 5.75 Å². The van der Waals surface area contributed by atoms with Crippen molar-refractivity contribution in [1.29, 1.82) is 0 Å². The summed E-state index contributed by atoms with van der Waals surface area (Å²) >= 11 is 0. The summed E-state index contributed by atoms with van der Waals surface area (Å²) in [6, 6.07) is 6.88. The van der Waals surface area contributed by atoms with Crippen LogP contribution in [-0.2, 0) is 19.1 Å². The topological polar surface area (TPSA) is 72.8 Å². The van der Waals surface area contributed by atoms with Gasteiger partial charge in [-0.2, -0.15) is 0 Å². The van der Waals surface area contributed by atoms with E-state index in [1.165, 1.54) is 115 Å². The minimum absolute atomic E-state index is 0.0254. The minimum Gasteiger partial charge on any atom is -0.508 e. The molecule has 0 amide bonds. The molecule has 0 aliphatic heterocycles. The number of carbonyl (C=O) groups excluding carboxylic acids is 2. The van der Waals surface area contributed by atoms with Gasteiger partial charge in [0.1, 0.15) is 11.9 Å².